The number of allylic oxidation sites excluding steroid dienone is 6. The maximum absolute atomic E-state index is 13.5. The van der Waals surface area contributed by atoms with E-state index in [4.69, 9.17) is 25.5 Å². The second-order valence-corrected chi connectivity index (χ2v) is 25.1. The van der Waals surface area contributed by atoms with E-state index in [1.165, 1.54) is 37.5 Å². The zero-order valence-corrected chi connectivity index (χ0v) is 64.6. The third-order valence-corrected chi connectivity index (χ3v) is 15.8. The fourth-order valence-electron chi connectivity index (χ4n) is 9.80. The molecule has 7 N–H and O–H groups in total. The molecule has 1 radical (unpaired) electrons. The largest absolute Gasteiger partial charge is 3.00 e. The summed E-state index contributed by atoms with van der Waals surface area (Å²) in [6, 6.07) is 23.7. The Morgan fingerprint density at radius 2 is 0.791 bits per heavy atom. The van der Waals surface area contributed by atoms with E-state index in [-0.39, 0.29) is 87.2 Å². The number of rotatable bonds is 23. The minimum absolute atomic E-state index is 0. The molecule has 0 saturated carbocycles. The number of imide groups is 2. The van der Waals surface area contributed by atoms with Crippen LogP contribution in [0.4, 0.5) is 22.7 Å². The van der Waals surface area contributed by atoms with Gasteiger partial charge in [0.05, 0.1) is 57.4 Å². The zero-order valence-electron chi connectivity index (χ0n) is 63.5. The Morgan fingerprint density at radius 1 is 0.478 bits per heavy atom. The summed E-state index contributed by atoms with van der Waals surface area (Å²) in [6.45, 7) is 11.8. The van der Waals surface area contributed by atoms with E-state index in [1.54, 1.807) is 121 Å². The Morgan fingerprint density at radius 3 is 1.07 bits per heavy atom. The summed E-state index contributed by atoms with van der Waals surface area (Å²) in [7, 11) is 7.67. The first kappa shape index (κ1) is 92.5. The molecule has 0 bridgehead atoms. The first-order valence-electron chi connectivity index (χ1n) is 34.1. The fraction of sp³-hybridized carbons (Fsp3) is 0.274. The van der Waals surface area contributed by atoms with Crippen molar-refractivity contribution >= 4 is 145 Å². The SMILES string of the molecule is CC(O)C(=O)O.CC(O)C(=O)O.CC(O)C(=O)[O-].CC1=NN(c2ccc(N/N=C3\C(=O)N(CCCN(C)C)C(=O)C([n+]4ccccc4)=C3C)cc2)C(=O)/C1=N\N=C1/C=C(N([O-])[O-])C=CC1=O.CC1=NN(c2ccc(N/N=C3\C(=O)N(CCCN(C)C)C(=O)C([n+]4ccccc4)=C3C)cc2)C(=O)/C1=N\N=C1/C=C(N([O-])[O-])C=CC1=O.[Fe+3]. The Kier molecular flexibility index (Phi) is 34.6. The van der Waals surface area contributed by atoms with Gasteiger partial charge in [-0.25, -0.2) is 9.59 Å². The van der Waals surface area contributed by atoms with Crippen molar-refractivity contribution < 1.29 is 110 Å². The summed E-state index contributed by atoms with van der Waals surface area (Å²) >= 11 is 0. The molecule has 115 heavy (non-hydrogen) atoms. The van der Waals surface area contributed by atoms with Crippen molar-refractivity contribution in [2.45, 2.75) is 79.6 Å². The number of anilines is 4. The Labute approximate surface area is 666 Å². The summed E-state index contributed by atoms with van der Waals surface area (Å²) in [5.74, 6) is -8.06. The summed E-state index contributed by atoms with van der Waals surface area (Å²) in [6.07, 6.45) is 10.4. The van der Waals surface area contributed by atoms with Gasteiger partial charge in [-0.15, -0.1) is 20.4 Å². The molecular weight excluding hydrogens is 1550 g/mol. The number of pyridine rings is 2. The van der Waals surface area contributed by atoms with Crippen LogP contribution in [0.25, 0.3) is 11.4 Å². The summed E-state index contributed by atoms with van der Waals surface area (Å²) in [5.41, 5.74) is 8.06. The number of carboxylic acid groups (broad SMARTS) is 3. The van der Waals surface area contributed by atoms with Gasteiger partial charge in [-0.05, 0) is 188 Å². The van der Waals surface area contributed by atoms with E-state index >= 15 is 0 Å². The maximum Gasteiger partial charge on any atom is 3.00 e. The van der Waals surface area contributed by atoms with Crippen LogP contribution in [0.1, 0.15) is 61.3 Å². The van der Waals surface area contributed by atoms with Gasteiger partial charge >= 0.3 is 52.6 Å². The van der Waals surface area contributed by atoms with Gasteiger partial charge in [0.25, 0.3) is 23.2 Å². The van der Waals surface area contributed by atoms with Gasteiger partial charge in [-0.3, -0.25) is 59.0 Å². The van der Waals surface area contributed by atoms with Gasteiger partial charge in [0.15, 0.2) is 47.6 Å². The van der Waals surface area contributed by atoms with E-state index < -0.39 is 93.7 Å². The average molecular weight is 1630 g/mol. The third-order valence-electron chi connectivity index (χ3n) is 15.8. The van der Waals surface area contributed by atoms with Crippen LogP contribution in [0.15, 0.2) is 210 Å². The van der Waals surface area contributed by atoms with Gasteiger partial charge in [0.1, 0.15) is 23.6 Å². The van der Waals surface area contributed by atoms with E-state index in [0.717, 1.165) is 53.4 Å². The summed E-state index contributed by atoms with van der Waals surface area (Å²) in [4.78, 5) is 139. The molecule has 0 spiro atoms. The molecule has 6 amide bonds. The number of hydrogen-bond acceptors (Lipinski definition) is 33. The molecule has 2 aliphatic carbocycles. The number of aliphatic hydroxyl groups excluding tert-OH is 3. The van der Waals surface area contributed by atoms with Crippen LogP contribution < -0.4 is 35.1 Å². The van der Waals surface area contributed by atoms with Crippen LogP contribution in [-0.2, 0) is 69.8 Å². The van der Waals surface area contributed by atoms with Crippen molar-refractivity contribution in [1.29, 1.82) is 0 Å². The molecule has 3 unspecified atom stereocenters. The van der Waals surface area contributed by atoms with Crippen molar-refractivity contribution in [3.05, 3.63) is 190 Å². The topological polar surface area (TPSA) is 561 Å². The van der Waals surface area contributed by atoms with Gasteiger partial charge in [0.2, 0.25) is 11.6 Å². The van der Waals surface area contributed by atoms with Crippen LogP contribution in [0.5, 0.6) is 0 Å². The number of nitrogens with one attached hydrogen (secondary N) is 2. The molecule has 41 nitrogen and oxygen atoms in total. The van der Waals surface area contributed by atoms with Crippen LogP contribution in [-0.4, -0.2) is 239 Å². The number of nitrogens with zero attached hydrogens (tertiary/aromatic N) is 18. The van der Waals surface area contributed by atoms with Crippen molar-refractivity contribution in [2.75, 3.05) is 75.2 Å². The van der Waals surface area contributed by atoms with Crippen LogP contribution in [0.3, 0.4) is 0 Å². The predicted octanol–water partition coefficient (Wildman–Crippen LogP) is 0.685. The second-order valence-electron chi connectivity index (χ2n) is 25.1. The van der Waals surface area contributed by atoms with Crippen molar-refractivity contribution in [3.8, 4) is 0 Å². The smallest absolute Gasteiger partial charge is 0.769 e. The summed E-state index contributed by atoms with van der Waals surface area (Å²) in [5, 5.41) is 126. The molecule has 4 aliphatic heterocycles. The molecule has 2 aromatic carbocycles. The van der Waals surface area contributed by atoms with E-state index in [1.807, 2.05) is 50.1 Å². The minimum Gasteiger partial charge on any atom is -0.769 e. The maximum atomic E-state index is 13.5. The number of aromatic nitrogens is 2. The number of ketones is 2. The molecule has 10 rings (SSSR count). The number of aliphatic carboxylic acids is 3. The molecular formula is C73H79FeN20O21. The number of benzene rings is 2. The molecule has 3 atom stereocenters. The third kappa shape index (κ3) is 25.4. The first-order valence-corrected chi connectivity index (χ1v) is 34.1. The molecule has 6 aliphatic rings. The zero-order chi connectivity index (χ0) is 84.5. The fourth-order valence-corrected chi connectivity index (χ4v) is 9.80. The number of hydrazone groups is 4. The Bertz CT molecular complexity index is 4510. The van der Waals surface area contributed by atoms with E-state index in [9.17, 15) is 78.7 Å². The number of carboxylic acids is 3. The molecule has 4 aromatic rings. The normalized spacial score (nSPS) is 18.3. The number of amides is 6. The minimum atomic E-state index is -1.44. The van der Waals surface area contributed by atoms with E-state index in [2.05, 4.69) is 51.7 Å². The average Bonchev–Trinajstić information content (AvgIpc) is 1.67. The molecule has 6 heterocycles. The van der Waals surface area contributed by atoms with Crippen LogP contribution in [0, 0.1) is 20.8 Å². The molecule has 0 saturated heterocycles. The van der Waals surface area contributed by atoms with Crippen LogP contribution in [0.2, 0.25) is 0 Å². The molecule has 2 aromatic heterocycles. The summed E-state index contributed by atoms with van der Waals surface area (Å²) < 4.78 is 3.33. The molecule has 0 fully saturated rings. The van der Waals surface area contributed by atoms with Crippen molar-refractivity contribution in [1.82, 2.24) is 30.1 Å². The molecule has 42 heteroatoms. The monoisotopic (exact) mass is 1630 g/mol. The van der Waals surface area contributed by atoms with Gasteiger partial charge < -0.3 is 76.5 Å². The van der Waals surface area contributed by atoms with Crippen molar-refractivity contribution in [2.24, 2.45) is 40.8 Å². The number of hydrogen-bond donors (Lipinski definition) is 7. The number of carbonyl (C=O) groups excluding carboxylic acids is 9. The number of hydroxylamine groups is 4. The van der Waals surface area contributed by atoms with Gasteiger partial charge in [0, 0.05) is 48.7 Å². The number of aliphatic hydroxyl groups is 3. The van der Waals surface area contributed by atoms with E-state index in [0.29, 0.717) is 71.2 Å². The molecule has 605 valence electrons. The second kappa shape index (κ2) is 43.1. The first-order chi connectivity index (χ1) is 53.8. The Balaban J connectivity index is 0.000000335. The van der Waals surface area contributed by atoms with Gasteiger partial charge in [-0.1, -0.05) is 12.1 Å². The predicted molar refractivity (Wildman–Crippen MR) is 414 cm³/mol. The quantitative estimate of drug-likeness (QED) is 0.0176. The Hall–Kier alpha value is -13.1. The van der Waals surface area contributed by atoms with Crippen LogP contribution >= 0.6 is 0 Å². The van der Waals surface area contributed by atoms with Gasteiger partial charge in [-0.2, -0.15) is 39.6 Å². The number of carbonyl (C=O) groups is 11. The standard InChI is InChI=1S/2C32H31N10O6.3C3H6O3.Fe/c2*1-20-27(30(44)40(18-8-15-38(3)4)32(46)29(20)39-16-6-5-7-17-39)35-33-22-9-11-23(12-10-22)41-31(45)28(21(2)37-41)36-34-25-19-24(42(47)48)13-14-26(25)43;3*1-2(4)3(5)6;/h2*5-7,9-14,16-17,19,33H,8,15,18H2,1-4H3;3*2,4H,1H3,(H,5,6);/q2*-1;;;;+3/p-1/b2*34-25+,35-27-,36-28-;;;;. The van der Waals surface area contributed by atoms with Crippen molar-refractivity contribution in [3.63, 3.8) is 0 Å².